The molecule has 1 aromatic carbocycles. The molecule has 2 aromatic rings. The summed E-state index contributed by atoms with van der Waals surface area (Å²) in [6.45, 7) is 4.30. The molecular weight excluding hydrogens is 194 g/mol. The van der Waals surface area contributed by atoms with Gasteiger partial charge in [-0.1, -0.05) is 36.8 Å². The number of hydrogen-bond acceptors (Lipinski definition) is 1. The van der Waals surface area contributed by atoms with Gasteiger partial charge in [0.1, 0.15) is 0 Å². The summed E-state index contributed by atoms with van der Waals surface area (Å²) in [5, 5.41) is 0. The highest BCUT2D eigenvalue weighted by atomic mass is 14.6. The zero-order valence-corrected chi connectivity index (χ0v) is 9.90. The fourth-order valence-electron chi connectivity index (χ4n) is 1.89. The summed E-state index contributed by atoms with van der Waals surface area (Å²) in [6.07, 6.45) is 5.91. The van der Waals surface area contributed by atoms with Crippen molar-refractivity contribution >= 4 is 0 Å². The van der Waals surface area contributed by atoms with Gasteiger partial charge >= 0.3 is 0 Å². The third kappa shape index (κ3) is 2.48. The topological polar surface area (TPSA) is 12.9 Å². The second-order valence-corrected chi connectivity index (χ2v) is 4.16. The van der Waals surface area contributed by atoms with E-state index >= 15 is 0 Å². The summed E-state index contributed by atoms with van der Waals surface area (Å²) >= 11 is 0. The van der Waals surface area contributed by atoms with Crippen LogP contribution in [0.15, 0.2) is 42.7 Å². The maximum atomic E-state index is 4.21. The molecule has 1 heteroatoms. The average molecular weight is 211 g/mol. The second kappa shape index (κ2) is 4.93. The van der Waals surface area contributed by atoms with Gasteiger partial charge in [-0.2, -0.15) is 0 Å². The Bertz CT molecular complexity index is 457. The molecule has 0 radical (unpaired) electrons. The number of hydrogen-bond donors (Lipinski definition) is 0. The maximum absolute atomic E-state index is 4.21. The Hall–Kier alpha value is -1.63. The molecule has 1 aromatic heterocycles. The Morgan fingerprint density at radius 2 is 1.75 bits per heavy atom. The van der Waals surface area contributed by atoms with Crippen molar-refractivity contribution in [1.82, 2.24) is 4.98 Å². The van der Waals surface area contributed by atoms with E-state index in [1.807, 2.05) is 12.4 Å². The molecule has 1 nitrogen and oxygen atoms in total. The molecule has 0 atom stereocenters. The van der Waals surface area contributed by atoms with E-state index in [1.165, 1.54) is 22.3 Å². The molecule has 0 aliphatic heterocycles. The van der Waals surface area contributed by atoms with E-state index in [2.05, 4.69) is 49.2 Å². The number of benzene rings is 1. The van der Waals surface area contributed by atoms with E-state index in [9.17, 15) is 0 Å². The minimum Gasteiger partial charge on any atom is -0.264 e. The minimum absolute atomic E-state index is 0.983. The third-order valence-electron chi connectivity index (χ3n) is 2.90. The molecule has 0 aliphatic rings. The summed E-state index contributed by atoms with van der Waals surface area (Å²) in [6, 6.07) is 10.8. The van der Waals surface area contributed by atoms with E-state index < -0.39 is 0 Å². The quantitative estimate of drug-likeness (QED) is 0.756. The van der Waals surface area contributed by atoms with Crippen LogP contribution < -0.4 is 0 Å². The van der Waals surface area contributed by atoms with Gasteiger partial charge in [0.25, 0.3) is 0 Å². The van der Waals surface area contributed by atoms with Gasteiger partial charge in [-0.3, -0.25) is 4.98 Å². The van der Waals surface area contributed by atoms with Crippen LogP contribution in [0.3, 0.4) is 0 Å². The summed E-state index contributed by atoms with van der Waals surface area (Å²) in [5.41, 5.74) is 5.41. The monoisotopic (exact) mass is 211 g/mol. The first-order valence-corrected chi connectivity index (χ1v) is 5.77. The van der Waals surface area contributed by atoms with Crippen molar-refractivity contribution in [2.45, 2.75) is 26.7 Å². The summed E-state index contributed by atoms with van der Waals surface area (Å²) in [7, 11) is 0. The molecule has 0 N–H and O–H groups in total. The van der Waals surface area contributed by atoms with Gasteiger partial charge in [0.05, 0.1) is 0 Å². The van der Waals surface area contributed by atoms with Gasteiger partial charge in [-0.15, -0.1) is 0 Å². The van der Waals surface area contributed by atoms with Crippen molar-refractivity contribution in [1.29, 1.82) is 0 Å². The van der Waals surface area contributed by atoms with Crippen molar-refractivity contribution in [3.8, 4) is 0 Å². The smallest absolute Gasteiger partial charge is 0.0305 e. The van der Waals surface area contributed by atoms with Crippen LogP contribution in [0.5, 0.6) is 0 Å². The van der Waals surface area contributed by atoms with E-state index in [-0.39, 0.29) is 0 Å². The van der Waals surface area contributed by atoms with Crippen molar-refractivity contribution in [2.75, 3.05) is 0 Å². The lowest BCUT2D eigenvalue weighted by molar-refractivity contribution is 1.03. The molecule has 0 saturated heterocycles. The standard InChI is InChI=1S/C15H17N/c1-3-14-8-9-16-11-15(14)10-13-6-4-12(2)5-7-13/h4-9,11H,3,10H2,1-2H3. The van der Waals surface area contributed by atoms with Gasteiger partial charge < -0.3 is 0 Å². The first kappa shape index (κ1) is 10.9. The first-order valence-electron chi connectivity index (χ1n) is 5.77. The molecule has 0 fully saturated rings. The van der Waals surface area contributed by atoms with Crippen LogP contribution in [0.1, 0.15) is 29.2 Å². The second-order valence-electron chi connectivity index (χ2n) is 4.16. The number of nitrogens with zero attached hydrogens (tertiary/aromatic N) is 1. The normalized spacial score (nSPS) is 10.4. The van der Waals surface area contributed by atoms with Crippen LogP contribution in [-0.2, 0) is 12.8 Å². The fourth-order valence-corrected chi connectivity index (χ4v) is 1.89. The SMILES string of the molecule is CCc1ccncc1Cc1ccc(C)cc1. The Balaban J connectivity index is 2.23. The predicted octanol–water partition coefficient (Wildman–Crippen LogP) is 3.54. The van der Waals surface area contributed by atoms with Gasteiger partial charge in [-0.05, 0) is 42.5 Å². The fraction of sp³-hybridized carbons (Fsp3) is 0.267. The molecule has 0 amide bonds. The number of pyridine rings is 1. The molecular formula is C15H17N. The highest BCUT2D eigenvalue weighted by molar-refractivity contribution is 5.31. The highest BCUT2D eigenvalue weighted by Gasteiger charge is 2.01. The molecule has 2 rings (SSSR count). The zero-order chi connectivity index (χ0) is 11.4. The van der Waals surface area contributed by atoms with Crippen LogP contribution in [0.2, 0.25) is 0 Å². The zero-order valence-electron chi connectivity index (χ0n) is 9.90. The number of aryl methyl sites for hydroxylation is 2. The summed E-state index contributed by atoms with van der Waals surface area (Å²) < 4.78 is 0. The highest BCUT2D eigenvalue weighted by Crippen LogP contribution is 2.14. The van der Waals surface area contributed by atoms with Crippen LogP contribution in [0.4, 0.5) is 0 Å². The molecule has 0 spiro atoms. The minimum atomic E-state index is 0.983. The van der Waals surface area contributed by atoms with Gasteiger partial charge in [0, 0.05) is 12.4 Å². The van der Waals surface area contributed by atoms with Crippen molar-refractivity contribution < 1.29 is 0 Å². The molecule has 0 unspecified atom stereocenters. The molecule has 16 heavy (non-hydrogen) atoms. The molecule has 1 heterocycles. The third-order valence-corrected chi connectivity index (χ3v) is 2.90. The molecule has 82 valence electrons. The van der Waals surface area contributed by atoms with Crippen molar-refractivity contribution in [3.05, 3.63) is 65.0 Å². The Morgan fingerprint density at radius 1 is 1.00 bits per heavy atom. The Morgan fingerprint density at radius 3 is 2.44 bits per heavy atom. The van der Waals surface area contributed by atoms with E-state index in [4.69, 9.17) is 0 Å². The Labute approximate surface area is 97.2 Å². The van der Waals surface area contributed by atoms with Crippen LogP contribution in [0, 0.1) is 6.92 Å². The lowest BCUT2D eigenvalue weighted by Crippen LogP contribution is -1.95. The van der Waals surface area contributed by atoms with E-state index in [1.54, 1.807) is 0 Å². The molecule has 0 aliphatic carbocycles. The van der Waals surface area contributed by atoms with Crippen LogP contribution in [-0.4, -0.2) is 4.98 Å². The van der Waals surface area contributed by atoms with Gasteiger partial charge in [0.15, 0.2) is 0 Å². The van der Waals surface area contributed by atoms with E-state index in [0.29, 0.717) is 0 Å². The molecule has 0 saturated carbocycles. The maximum Gasteiger partial charge on any atom is 0.0305 e. The van der Waals surface area contributed by atoms with Gasteiger partial charge in [-0.25, -0.2) is 0 Å². The first-order chi connectivity index (χ1) is 7.79. The molecule has 0 bridgehead atoms. The average Bonchev–Trinajstić information content (AvgIpc) is 2.33. The number of aromatic nitrogens is 1. The largest absolute Gasteiger partial charge is 0.264 e. The summed E-state index contributed by atoms with van der Waals surface area (Å²) in [4.78, 5) is 4.21. The van der Waals surface area contributed by atoms with Crippen molar-refractivity contribution in [2.24, 2.45) is 0 Å². The van der Waals surface area contributed by atoms with E-state index in [0.717, 1.165) is 12.8 Å². The lowest BCUT2D eigenvalue weighted by Gasteiger charge is -2.07. The number of rotatable bonds is 3. The lowest BCUT2D eigenvalue weighted by atomic mass is 10.00. The Kier molecular flexibility index (Phi) is 3.35. The predicted molar refractivity (Wildman–Crippen MR) is 67.6 cm³/mol. The van der Waals surface area contributed by atoms with Gasteiger partial charge in [0.2, 0.25) is 0 Å². The summed E-state index contributed by atoms with van der Waals surface area (Å²) in [5.74, 6) is 0. The van der Waals surface area contributed by atoms with Crippen LogP contribution >= 0.6 is 0 Å². The van der Waals surface area contributed by atoms with Crippen molar-refractivity contribution in [3.63, 3.8) is 0 Å². The van der Waals surface area contributed by atoms with Crippen LogP contribution in [0.25, 0.3) is 0 Å².